The van der Waals surface area contributed by atoms with Crippen LogP contribution < -0.4 is 10.6 Å². The number of carbonyl (C=O) groups is 3. The lowest BCUT2D eigenvalue weighted by molar-refractivity contribution is -0.144. The maximum absolute atomic E-state index is 12.6. The van der Waals surface area contributed by atoms with E-state index in [9.17, 15) is 14.4 Å². The molecule has 0 saturated heterocycles. The zero-order valence-corrected chi connectivity index (χ0v) is 16.7. The zero-order valence-electron chi connectivity index (χ0n) is 16.7. The van der Waals surface area contributed by atoms with Gasteiger partial charge in [0, 0.05) is 18.2 Å². The van der Waals surface area contributed by atoms with Crippen molar-refractivity contribution in [1.29, 1.82) is 0 Å². The summed E-state index contributed by atoms with van der Waals surface area (Å²) in [5, 5.41) is 5.21. The van der Waals surface area contributed by atoms with Crippen molar-refractivity contribution in [3.63, 3.8) is 0 Å². The second kappa shape index (κ2) is 11.2. The standard InChI is InChI=1S/C24H22N2O5/c27-22(31-17-18-8-3-1-4-9-18)13-14-25-24(29)21(16-20-12-7-15-30-20)26-23(28)19-10-5-2-6-11-19/h1-12,15-16H,13-14,17H2,(H,25,29)(H,26,28)/b21-16-. The molecule has 3 rings (SSSR count). The van der Waals surface area contributed by atoms with E-state index in [0.29, 0.717) is 11.3 Å². The average molecular weight is 418 g/mol. The number of carbonyl (C=O) groups excluding carboxylic acids is 3. The SMILES string of the molecule is O=C(CCNC(=O)/C(=C/c1ccco1)NC(=O)c1ccccc1)OCc1ccccc1. The van der Waals surface area contributed by atoms with Crippen LogP contribution in [-0.4, -0.2) is 24.3 Å². The van der Waals surface area contributed by atoms with Gasteiger partial charge >= 0.3 is 5.97 Å². The van der Waals surface area contributed by atoms with Crippen LogP contribution in [0.15, 0.2) is 89.2 Å². The van der Waals surface area contributed by atoms with Crippen LogP contribution in [0.3, 0.4) is 0 Å². The Labute approximate surface area is 179 Å². The van der Waals surface area contributed by atoms with Crippen LogP contribution in [0.4, 0.5) is 0 Å². The van der Waals surface area contributed by atoms with E-state index in [-0.39, 0.29) is 25.3 Å². The molecule has 1 aromatic heterocycles. The first-order chi connectivity index (χ1) is 15.1. The number of amides is 2. The Kier molecular flexibility index (Phi) is 7.77. The van der Waals surface area contributed by atoms with E-state index in [0.717, 1.165) is 5.56 Å². The lowest BCUT2D eigenvalue weighted by atomic mass is 10.2. The minimum absolute atomic E-state index is 0.000757. The molecule has 0 bridgehead atoms. The average Bonchev–Trinajstić information content (AvgIpc) is 3.31. The summed E-state index contributed by atoms with van der Waals surface area (Å²) >= 11 is 0. The summed E-state index contributed by atoms with van der Waals surface area (Å²) in [5.74, 6) is -1.01. The van der Waals surface area contributed by atoms with E-state index < -0.39 is 17.8 Å². The van der Waals surface area contributed by atoms with Crippen LogP contribution in [0.25, 0.3) is 6.08 Å². The summed E-state index contributed by atoms with van der Waals surface area (Å²) < 4.78 is 10.4. The molecule has 7 heteroatoms. The summed E-state index contributed by atoms with van der Waals surface area (Å²) in [6, 6.07) is 21.2. The van der Waals surface area contributed by atoms with Gasteiger partial charge in [0.05, 0.1) is 12.7 Å². The highest BCUT2D eigenvalue weighted by Gasteiger charge is 2.15. The van der Waals surface area contributed by atoms with Gasteiger partial charge in [0.15, 0.2) is 0 Å². The van der Waals surface area contributed by atoms with Gasteiger partial charge in [-0.3, -0.25) is 14.4 Å². The van der Waals surface area contributed by atoms with Gasteiger partial charge in [-0.25, -0.2) is 0 Å². The maximum Gasteiger partial charge on any atom is 0.307 e. The summed E-state index contributed by atoms with van der Waals surface area (Å²) in [6.07, 6.45) is 2.88. The van der Waals surface area contributed by atoms with Crippen molar-refractivity contribution in [1.82, 2.24) is 10.6 Å². The van der Waals surface area contributed by atoms with Crippen molar-refractivity contribution in [3.8, 4) is 0 Å². The predicted octanol–water partition coefficient (Wildman–Crippen LogP) is 3.30. The van der Waals surface area contributed by atoms with Crippen LogP contribution in [0.5, 0.6) is 0 Å². The Hall–Kier alpha value is -4.13. The molecule has 0 saturated carbocycles. The van der Waals surface area contributed by atoms with Crippen LogP contribution >= 0.6 is 0 Å². The first-order valence-electron chi connectivity index (χ1n) is 9.71. The fourth-order valence-corrected chi connectivity index (χ4v) is 2.64. The van der Waals surface area contributed by atoms with Gasteiger partial charge in [-0.05, 0) is 29.8 Å². The minimum Gasteiger partial charge on any atom is -0.465 e. The molecule has 31 heavy (non-hydrogen) atoms. The summed E-state index contributed by atoms with van der Waals surface area (Å²) in [5.41, 5.74) is 1.29. The molecule has 7 nitrogen and oxygen atoms in total. The summed E-state index contributed by atoms with van der Waals surface area (Å²) in [4.78, 5) is 37.0. The Morgan fingerprint density at radius 3 is 2.29 bits per heavy atom. The quantitative estimate of drug-likeness (QED) is 0.410. The number of rotatable bonds is 9. The van der Waals surface area contributed by atoms with Gasteiger partial charge in [-0.2, -0.15) is 0 Å². The summed E-state index contributed by atoms with van der Waals surface area (Å²) in [7, 11) is 0. The molecule has 0 aliphatic carbocycles. The lowest BCUT2D eigenvalue weighted by Gasteiger charge is -2.11. The van der Waals surface area contributed by atoms with Gasteiger partial charge in [0.2, 0.25) is 0 Å². The molecule has 2 amide bonds. The number of furan rings is 1. The summed E-state index contributed by atoms with van der Waals surface area (Å²) in [6.45, 7) is 0.230. The molecule has 0 aliphatic rings. The Balaban J connectivity index is 1.54. The van der Waals surface area contributed by atoms with E-state index in [1.807, 2.05) is 30.3 Å². The van der Waals surface area contributed by atoms with E-state index in [1.165, 1.54) is 12.3 Å². The topological polar surface area (TPSA) is 97.6 Å². The third-order valence-electron chi connectivity index (χ3n) is 4.22. The number of hydrogen-bond donors (Lipinski definition) is 2. The zero-order chi connectivity index (χ0) is 21.9. The molecule has 158 valence electrons. The molecule has 0 atom stereocenters. The van der Waals surface area contributed by atoms with Crippen molar-refractivity contribution < 1.29 is 23.5 Å². The third-order valence-corrected chi connectivity index (χ3v) is 4.22. The second-order valence-electron chi connectivity index (χ2n) is 6.55. The molecule has 0 unspecified atom stereocenters. The molecule has 0 spiro atoms. The molecule has 0 aliphatic heterocycles. The minimum atomic E-state index is -0.545. The van der Waals surface area contributed by atoms with E-state index >= 15 is 0 Å². The molecule has 0 radical (unpaired) electrons. The van der Waals surface area contributed by atoms with Crippen LogP contribution in [0, 0.1) is 0 Å². The Bertz CT molecular complexity index is 1030. The second-order valence-corrected chi connectivity index (χ2v) is 6.55. The highest BCUT2D eigenvalue weighted by atomic mass is 16.5. The van der Waals surface area contributed by atoms with Crippen molar-refractivity contribution >= 4 is 23.9 Å². The van der Waals surface area contributed by atoms with E-state index in [1.54, 1.807) is 42.5 Å². The van der Waals surface area contributed by atoms with E-state index in [4.69, 9.17) is 9.15 Å². The number of nitrogens with one attached hydrogen (secondary N) is 2. The highest BCUT2D eigenvalue weighted by molar-refractivity contribution is 6.05. The van der Waals surface area contributed by atoms with Gasteiger partial charge in [-0.15, -0.1) is 0 Å². The maximum atomic E-state index is 12.6. The van der Waals surface area contributed by atoms with Crippen molar-refractivity contribution in [2.45, 2.75) is 13.0 Å². The largest absolute Gasteiger partial charge is 0.465 e. The molecule has 2 N–H and O–H groups in total. The van der Waals surface area contributed by atoms with Crippen LogP contribution in [-0.2, 0) is 20.9 Å². The fraction of sp³-hybridized carbons (Fsp3) is 0.125. The number of benzene rings is 2. The van der Waals surface area contributed by atoms with E-state index in [2.05, 4.69) is 10.6 Å². The van der Waals surface area contributed by atoms with Gasteiger partial charge in [-0.1, -0.05) is 48.5 Å². The first kappa shape index (κ1) is 21.6. The van der Waals surface area contributed by atoms with Gasteiger partial charge in [0.25, 0.3) is 11.8 Å². The highest BCUT2D eigenvalue weighted by Crippen LogP contribution is 2.08. The molecular formula is C24H22N2O5. The first-order valence-corrected chi connectivity index (χ1v) is 9.71. The smallest absolute Gasteiger partial charge is 0.307 e. The number of hydrogen-bond acceptors (Lipinski definition) is 5. The fourth-order valence-electron chi connectivity index (χ4n) is 2.64. The molecule has 3 aromatic rings. The monoisotopic (exact) mass is 418 g/mol. The number of esters is 1. The van der Waals surface area contributed by atoms with Crippen LogP contribution in [0.1, 0.15) is 28.1 Å². The van der Waals surface area contributed by atoms with Crippen molar-refractivity contribution in [3.05, 3.63) is 102 Å². The van der Waals surface area contributed by atoms with Gasteiger partial charge < -0.3 is 19.8 Å². The molecular weight excluding hydrogens is 396 g/mol. The van der Waals surface area contributed by atoms with Crippen molar-refractivity contribution in [2.75, 3.05) is 6.54 Å². The normalized spacial score (nSPS) is 10.9. The van der Waals surface area contributed by atoms with Crippen LogP contribution in [0.2, 0.25) is 0 Å². The molecule has 0 fully saturated rings. The van der Waals surface area contributed by atoms with Gasteiger partial charge in [0.1, 0.15) is 18.1 Å². The predicted molar refractivity (Wildman–Crippen MR) is 114 cm³/mol. The lowest BCUT2D eigenvalue weighted by Crippen LogP contribution is -2.35. The number of ether oxygens (including phenoxy) is 1. The van der Waals surface area contributed by atoms with Crippen molar-refractivity contribution in [2.24, 2.45) is 0 Å². The molecule has 1 heterocycles. The Morgan fingerprint density at radius 2 is 1.61 bits per heavy atom. The Morgan fingerprint density at radius 1 is 0.903 bits per heavy atom. The molecule has 2 aromatic carbocycles. The third kappa shape index (κ3) is 7.01.